The monoisotopic (exact) mass is 438 g/mol. The second-order valence-electron chi connectivity index (χ2n) is 7.41. The van der Waals surface area contributed by atoms with Crippen molar-refractivity contribution in [3.05, 3.63) is 58.6 Å². The maximum absolute atomic E-state index is 12.9. The van der Waals surface area contributed by atoms with Crippen molar-refractivity contribution >= 4 is 34.2 Å². The number of aromatic nitrogens is 3. The molecule has 4 heterocycles. The first-order valence-corrected chi connectivity index (χ1v) is 10.7. The SMILES string of the molecule is CC(C)n1ncc2c(C(=O)OCC(=O)N(C)Cc3ccsc3)cc(-c3ccco3)nc21. The van der Waals surface area contributed by atoms with Crippen molar-refractivity contribution in [1.29, 1.82) is 0 Å². The van der Waals surface area contributed by atoms with E-state index in [0.717, 1.165) is 5.56 Å². The molecule has 0 aliphatic carbocycles. The minimum absolute atomic E-state index is 0.0491. The summed E-state index contributed by atoms with van der Waals surface area (Å²) in [5.41, 5.74) is 2.37. The van der Waals surface area contributed by atoms with Gasteiger partial charge in [0.15, 0.2) is 18.0 Å². The predicted octanol–water partition coefficient (Wildman–Crippen LogP) is 4.15. The van der Waals surface area contributed by atoms with E-state index in [-0.39, 0.29) is 24.1 Å². The molecule has 160 valence electrons. The molecule has 8 nitrogen and oxygen atoms in total. The molecular formula is C22H22N4O4S. The van der Waals surface area contributed by atoms with Crippen molar-refractivity contribution in [2.75, 3.05) is 13.7 Å². The van der Waals surface area contributed by atoms with Crippen LogP contribution >= 0.6 is 11.3 Å². The first-order chi connectivity index (χ1) is 14.9. The van der Waals surface area contributed by atoms with E-state index >= 15 is 0 Å². The first-order valence-electron chi connectivity index (χ1n) is 9.78. The molecule has 0 N–H and O–H groups in total. The summed E-state index contributed by atoms with van der Waals surface area (Å²) in [7, 11) is 1.68. The fourth-order valence-corrected chi connectivity index (χ4v) is 3.84. The third-order valence-electron chi connectivity index (χ3n) is 4.80. The number of hydrogen-bond acceptors (Lipinski definition) is 7. The number of carbonyl (C=O) groups is 2. The van der Waals surface area contributed by atoms with E-state index in [0.29, 0.717) is 29.0 Å². The van der Waals surface area contributed by atoms with Crippen LogP contribution in [0.25, 0.3) is 22.5 Å². The molecule has 0 bridgehead atoms. The summed E-state index contributed by atoms with van der Waals surface area (Å²) in [4.78, 5) is 31.5. The van der Waals surface area contributed by atoms with Crippen molar-refractivity contribution in [1.82, 2.24) is 19.7 Å². The maximum Gasteiger partial charge on any atom is 0.339 e. The highest BCUT2D eigenvalue weighted by atomic mass is 32.1. The summed E-state index contributed by atoms with van der Waals surface area (Å²) in [6.45, 7) is 4.07. The van der Waals surface area contributed by atoms with Crippen LogP contribution in [0.15, 0.2) is 51.9 Å². The van der Waals surface area contributed by atoms with Gasteiger partial charge < -0.3 is 14.1 Å². The number of fused-ring (bicyclic) bond motifs is 1. The number of likely N-dealkylation sites (N-methyl/N-ethyl adjacent to an activating group) is 1. The first kappa shape index (κ1) is 20.8. The van der Waals surface area contributed by atoms with Crippen molar-refractivity contribution in [3.63, 3.8) is 0 Å². The molecule has 0 aromatic carbocycles. The molecule has 0 saturated heterocycles. The van der Waals surface area contributed by atoms with Gasteiger partial charge in [-0.2, -0.15) is 16.4 Å². The van der Waals surface area contributed by atoms with Crippen LogP contribution in [0.5, 0.6) is 0 Å². The fourth-order valence-electron chi connectivity index (χ4n) is 3.18. The van der Waals surface area contributed by atoms with Gasteiger partial charge in [-0.05, 0) is 54.4 Å². The Labute approximate surface area is 183 Å². The molecule has 4 aromatic rings. The Morgan fingerprint density at radius 2 is 2.16 bits per heavy atom. The molecule has 0 fully saturated rings. The van der Waals surface area contributed by atoms with Gasteiger partial charge in [0.05, 0.1) is 23.4 Å². The molecule has 9 heteroatoms. The Morgan fingerprint density at radius 3 is 2.84 bits per heavy atom. The van der Waals surface area contributed by atoms with Crippen LogP contribution in [-0.2, 0) is 16.1 Å². The Hall–Kier alpha value is -3.46. The zero-order valence-electron chi connectivity index (χ0n) is 17.4. The van der Waals surface area contributed by atoms with E-state index in [4.69, 9.17) is 9.15 Å². The number of amides is 1. The fraction of sp³-hybridized carbons (Fsp3) is 0.273. The number of furan rings is 1. The Morgan fingerprint density at radius 1 is 1.32 bits per heavy atom. The van der Waals surface area contributed by atoms with Crippen LogP contribution in [0, 0.1) is 0 Å². The third-order valence-corrected chi connectivity index (χ3v) is 5.53. The summed E-state index contributed by atoms with van der Waals surface area (Å²) < 4.78 is 12.5. The molecule has 0 aliphatic rings. The van der Waals surface area contributed by atoms with Crippen LogP contribution in [0.4, 0.5) is 0 Å². The van der Waals surface area contributed by atoms with Crippen LogP contribution in [0.2, 0.25) is 0 Å². The van der Waals surface area contributed by atoms with E-state index in [2.05, 4.69) is 10.1 Å². The zero-order valence-corrected chi connectivity index (χ0v) is 18.3. The number of thiophene rings is 1. The molecule has 31 heavy (non-hydrogen) atoms. The molecule has 4 rings (SSSR count). The number of rotatable bonds is 7. The largest absolute Gasteiger partial charge is 0.463 e. The Bertz CT molecular complexity index is 1200. The zero-order chi connectivity index (χ0) is 22.0. The summed E-state index contributed by atoms with van der Waals surface area (Å²) >= 11 is 1.57. The number of hydrogen-bond donors (Lipinski definition) is 0. The van der Waals surface area contributed by atoms with Gasteiger partial charge >= 0.3 is 5.97 Å². The van der Waals surface area contributed by atoms with Crippen molar-refractivity contribution in [3.8, 4) is 11.5 Å². The van der Waals surface area contributed by atoms with Gasteiger partial charge in [0.1, 0.15) is 5.69 Å². The second kappa shape index (κ2) is 8.73. The molecule has 0 unspecified atom stereocenters. The average Bonchev–Trinajstić information content (AvgIpc) is 3.52. The lowest BCUT2D eigenvalue weighted by Gasteiger charge is -2.16. The molecular weight excluding hydrogens is 416 g/mol. The molecule has 0 atom stereocenters. The Kier molecular flexibility index (Phi) is 5.85. The van der Waals surface area contributed by atoms with Gasteiger partial charge in [-0.1, -0.05) is 0 Å². The maximum atomic E-state index is 12.9. The van der Waals surface area contributed by atoms with Crippen LogP contribution < -0.4 is 0 Å². The summed E-state index contributed by atoms with van der Waals surface area (Å²) in [5, 5.41) is 8.86. The lowest BCUT2D eigenvalue weighted by Crippen LogP contribution is -2.30. The lowest BCUT2D eigenvalue weighted by atomic mass is 10.1. The van der Waals surface area contributed by atoms with Crippen molar-refractivity contribution in [2.45, 2.75) is 26.4 Å². The second-order valence-corrected chi connectivity index (χ2v) is 8.19. The van der Waals surface area contributed by atoms with Crippen molar-refractivity contribution in [2.24, 2.45) is 0 Å². The minimum atomic E-state index is -0.610. The lowest BCUT2D eigenvalue weighted by molar-refractivity contribution is -0.133. The van der Waals surface area contributed by atoms with Crippen molar-refractivity contribution < 1.29 is 18.7 Å². The predicted molar refractivity (Wildman–Crippen MR) is 117 cm³/mol. The molecule has 1 amide bonds. The third kappa shape index (κ3) is 4.36. The number of ether oxygens (including phenoxy) is 1. The van der Waals surface area contributed by atoms with Gasteiger partial charge in [-0.25, -0.2) is 14.5 Å². The van der Waals surface area contributed by atoms with Crippen LogP contribution in [0.1, 0.15) is 35.8 Å². The summed E-state index contributed by atoms with van der Waals surface area (Å²) in [5.74, 6) is -0.367. The van der Waals surface area contributed by atoms with Gasteiger partial charge in [0, 0.05) is 19.6 Å². The average molecular weight is 439 g/mol. The Balaban J connectivity index is 1.57. The summed E-state index contributed by atoms with van der Waals surface area (Å²) in [6.07, 6.45) is 3.14. The number of pyridine rings is 1. The minimum Gasteiger partial charge on any atom is -0.463 e. The van der Waals surface area contributed by atoms with Gasteiger partial charge in [0.2, 0.25) is 0 Å². The topological polar surface area (TPSA) is 90.5 Å². The molecule has 0 radical (unpaired) electrons. The van der Waals surface area contributed by atoms with E-state index in [1.54, 1.807) is 53.7 Å². The van der Waals surface area contributed by atoms with Gasteiger partial charge in [0.25, 0.3) is 5.91 Å². The standard InChI is InChI=1S/C22H22N4O4S/c1-14(2)26-21-17(10-23-26)16(9-18(24-21)19-5-4-7-29-19)22(28)30-12-20(27)25(3)11-15-6-8-31-13-15/h4-10,13-14H,11-12H2,1-3H3. The number of esters is 1. The number of carbonyl (C=O) groups excluding carboxylic acids is 2. The normalized spacial score (nSPS) is 11.2. The summed E-state index contributed by atoms with van der Waals surface area (Å²) in [6, 6.07) is 7.13. The quantitative estimate of drug-likeness (QED) is 0.403. The highest BCUT2D eigenvalue weighted by Crippen LogP contribution is 2.27. The molecule has 4 aromatic heterocycles. The smallest absolute Gasteiger partial charge is 0.339 e. The molecule has 0 aliphatic heterocycles. The highest BCUT2D eigenvalue weighted by molar-refractivity contribution is 7.07. The van der Waals surface area contributed by atoms with E-state index in [9.17, 15) is 9.59 Å². The van der Waals surface area contributed by atoms with E-state index in [1.165, 1.54) is 4.90 Å². The van der Waals surface area contributed by atoms with E-state index < -0.39 is 5.97 Å². The number of nitrogens with zero attached hydrogens (tertiary/aromatic N) is 4. The van der Waals surface area contributed by atoms with Crippen LogP contribution in [0.3, 0.4) is 0 Å². The van der Waals surface area contributed by atoms with Gasteiger partial charge in [-0.3, -0.25) is 4.79 Å². The molecule has 0 saturated carbocycles. The van der Waals surface area contributed by atoms with E-state index in [1.807, 2.05) is 30.7 Å². The highest BCUT2D eigenvalue weighted by Gasteiger charge is 2.21. The van der Waals surface area contributed by atoms with Gasteiger partial charge in [-0.15, -0.1) is 0 Å². The molecule has 0 spiro atoms. The van der Waals surface area contributed by atoms with Crippen LogP contribution in [-0.4, -0.2) is 45.2 Å².